The van der Waals surface area contributed by atoms with E-state index in [2.05, 4.69) is 111 Å². The van der Waals surface area contributed by atoms with Gasteiger partial charge in [0.05, 0.1) is 0 Å². The van der Waals surface area contributed by atoms with Crippen LogP contribution < -0.4 is 20.0 Å². The first-order valence-electron chi connectivity index (χ1n) is 6.92. The Morgan fingerprint density at radius 3 is 1.05 bits per heavy atom. The van der Waals surface area contributed by atoms with Gasteiger partial charge in [0.2, 0.25) is 0 Å². The van der Waals surface area contributed by atoms with Crippen LogP contribution in [0.3, 0.4) is 0 Å². The molecule has 0 saturated carbocycles. The van der Waals surface area contributed by atoms with E-state index in [1.54, 1.807) is 0 Å². The Morgan fingerprint density at radius 2 is 0.810 bits per heavy atom. The van der Waals surface area contributed by atoms with Crippen molar-refractivity contribution in [3.8, 4) is 0 Å². The van der Waals surface area contributed by atoms with Gasteiger partial charge in [-0.2, -0.15) is 0 Å². The van der Waals surface area contributed by atoms with E-state index in [1.165, 1.54) is 15.9 Å². The van der Waals surface area contributed by atoms with Gasteiger partial charge in [-0.15, -0.1) is 0 Å². The Balaban J connectivity index is 2.29. The summed E-state index contributed by atoms with van der Waals surface area (Å²) in [6.45, 7) is 0. The number of nitrogens with one attached hydrogen (secondary N) is 1. The van der Waals surface area contributed by atoms with Crippen LogP contribution in [0, 0.1) is 0 Å². The zero-order valence-electron chi connectivity index (χ0n) is 11.5. The van der Waals surface area contributed by atoms with Crippen molar-refractivity contribution in [2.75, 3.05) is 0 Å². The van der Waals surface area contributed by atoms with Gasteiger partial charge < -0.3 is 0 Å². The summed E-state index contributed by atoms with van der Waals surface area (Å²) in [5, 5.41) is 4.00. The molecule has 0 aliphatic heterocycles. The number of halogens is 1. The first-order valence-corrected chi connectivity index (χ1v) is 9.71. The van der Waals surface area contributed by atoms with E-state index in [1.807, 2.05) is 0 Å². The van der Waals surface area contributed by atoms with Crippen molar-refractivity contribution in [2.24, 2.45) is 0 Å². The van der Waals surface area contributed by atoms with Gasteiger partial charge in [0.25, 0.3) is 0 Å². The topological polar surface area (TPSA) is 12.0 Å². The Hall–Kier alpha value is -1.47. The molecule has 0 saturated heterocycles. The molecule has 21 heavy (non-hydrogen) atoms. The number of hydrogen-bond acceptors (Lipinski definition) is 1. The van der Waals surface area contributed by atoms with Gasteiger partial charge in [-0.3, -0.25) is 0 Å². The van der Waals surface area contributed by atoms with Gasteiger partial charge in [0.15, 0.2) is 0 Å². The summed E-state index contributed by atoms with van der Waals surface area (Å²) in [7, 11) is -2.23. The third kappa shape index (κ3) is 2.67. The zero-order valence-corrected chi connectivity index (χ0v) is 14.1. The molecule has 0 heterocycles. The van der Waals surface area contributed by atoms with Gasteiger partial charge in [0, 0.05) is 0 Å². The standard InChI is InChI=1S/C18H17BrNP/c19-20-21(16-10-4-1-5-11-16,17-12-6-2-7-13-17)18-14-8-3-9-15-18/h1-15,20-21H. The van der Waals surface area contributed by atoms with Crippen molar-refractivity contribution >= 4 is 39.5 Å². The van der Waals surface area contributed by atoms with Crippen molar-refractivity contribution in [3.63, 3.8) is 0 Å². The second-order valence-corrected chi connectivity index (χ2v) is 9.55. The molecule has 0 fully saturated rings. The third-order valence-corrected chi connectivity index (χ3v) is 9.43. The minimum absolute atomic E-state index is 1.33. The fourth-order valence-electron chi connectivity index (χ4n) is 2.73. The monoisotopic (exact) mass is 357 g/mol. The third-order valence-electron chi connectivity index (χ3n) is 3.76. The van der Waals surface area contributed by atoms with Crippen LogP contribution in [0.5, 0.6) is 0 Å². The van der Waals surface area contributed by atoms with Crippen molar-refractivity contribution in [1.29, 1.82) is 0 Å². The summed E-state index contributed by atoms with van der Waals surface area (Å²) in [6.07, 6.45) is 0. The molecular formula is C18H17BrNP. The van der Waals surface area contributed by atoms with Gasteiger partial charge in [-0.1, -0.05) is 0 Å². The molecule has 3 heteroatoms. The van der Waals surface area contributed by atoms with E-state index in [9.17, 15) is 0 Å². The Bertz CT molecular complexity index is 590. The van der Waals surface area contributed by atoms with E-state index in [4.69, 9.17) is 0 Å². The van der Waals surface area contributed by atoms with E-state index >= 15 is 0 Å². The quantitative estimate of drug-likeness (QED) is 0.556. The molecule has 0 aliphatic rings. The zero-order chi connectivity index (χ0) is 14.5. The molecule has 0 atom stereocenters. The summed E-state index contributed by atoms with van der Waals surface area (Å²) >= 11 is 3.59. The number of benzene rings is 3. The second kappa shape index (κ2) is 6.53. The molecule has 106 valence electrons. The van der Waals surface area contributed by atoms with E-state index in [-0.39, 0.29) is 0 Å². The molecule has 3 rings (SSSR count). The van der Waals surface area contributed by atoms with Gasteiger partial charge in [-0.25, -0.2) is 0 Å². The molecule has 0 unspecified atom stereocenters. The van der Waals surface area contributed by atoms with Crippen molar-refractivity contribution < 1.29 is 0 Å². The molecule has 0 aromatic heterocycles. The molecule has 1 nitrogen and oxygen atoms in total. The van der Waals surface area contributed by atoms with E-state index < -0.39 is 7.41 Å². The molecule has 0 spiro atoms. The average Bonchev–Trinajstić information content (AvgIpc) is 2.59. The summed E-state index contributed by atoms with van der Waals surface area (Å²) in [5.41, 5.74) is 0. The SMILES string of the molecule is BrN[PH](c1ccccc1)(c1ccccc1)c1ccccc1. The van der Waals surface area contributed by atoms with Crippen LogP contribution in [0.1, 0.15) is 0 Å². The maximum absolute atomic E-state index is 3.59. The van der Waals surface area contributed by atoms with Crippen LogP contribution in [0.4, 0.5) is 0 Å². The van der Waals surface area contributed by atoms with Gasteiger partial charge in [0.1, 0.15) is 0 Å². The van der Waals surface area contributed by atoms with Crippen molar-refractivity contribution in [1.82, 2.24) is 4.11 Å². The van der Waals surface area contributed by atoms with Crippen molar-refractivity contribution in [3.05, 3.63) is 91.0 Å². The fourth-order valence-corrected chi connectivity index (χ4v) is 8.19. The predicted molar refractivity (Wildman–Crippen MR) is 98.6 cm³/mol. The molecular weight excluding hydrogens is 341 g/mol. The van der Waals surface area contributed by atoms with Gasteiger partial charge >= 0.3 is 135 Å². The maximum atomic E-state index is 3.59. The first kappa shape index (κ1) is 14.5. The first-order chi connectivity index (χ1) is 10.4. The average molecular weight is 358 g/mol. The molecule has 0 amide bonds. The molecule has 0 bridgehead atoms. The van der Waals surface area contributed by atoms with Crippen LogP contribution >= 0.6 is 23.6 Å². The van der Waals surface area contributed by atoms with Crippen LogP contribution in [0.2, 0.25) is 0 Å². The Kier molecular flexibility index (Phi) is 4.50. The van der Waals surface area contributed by atoms with Crippen LogP contribution in [-0.4, -0.2) is 0 Å². The number of rotatable bonds is 4. The molecule has 1 N–H and O–H groups in total. The normalized spacial score (nSPS) is 12.0. The minimum atomic E-state index is -2.23. The van der Waals surface area contributed by atoms with Crippen molar-refractivity contribution in [2.45, 2.75) is 0 Å². The molecule has 3 aromatic rings. The summed E-state index contributed by atoms with van der Waals surface area (Å²) in [5.74, 6) is 0. The van der Waals surface area contributed by atoms with E-state index in [0.717, 1.165) is 0 Å². The fraction of sp³-hybridized carbons (Fsp3) is 0. The van der Waals surface area contributed by atoms with Crippen LogP contribution in [-0.2, 0) is 0 Å². The Morgan fingerprint density at radius 1 is 0.524 bits per heavy atom. The molecule has 0 aliphatic carbocycles. The summed E-state index contributed by atoms with van der Waals surface area (Å²) in [6, 6.07) is 32.1. The van der Waals surface area contributed by atoms with Gasteiger partial charge in [-0.05, 0) is 0 Å². The molecule has 3 aromatic carbocycles. The van der Waals surface area contributed by atoms with E-state index in [0.29, 0.717) is 0 Å². The summed E-state index contributed by atoms with van der Waals surface area (Å²) in [4.78, 5) is 0. The Labute approximate surface area is 134 Å². The predicted octanol–water partition coefficient (Wildman–Crippen LogP) is 3.53. The number of hydrogen-bond donors (Lipinski definition) is 1. The molecule has 0 radical (unpaired) electrons. The van der Waals surface area contributed by atoms with Crippen LogP contribution in [0.15, 0.2) is 91.0 Å². The van der Waals surface area contributed by atoms with Crippen LogP contribution in [0.25, 0.3) is 0 Å². The summed E-state index contributed by atoms with van der Waals surface area (Å²) < 4.78 is 3.52. The second-order valence-electron chi connectivity index (χ2n) is 4.94.